The highest BCUT2D eigenvalue weighted by Gasteiger charge is 2.45. The molecule has 0 unspecified atom stereocenters. The Kier molecular flexibility index (Phi) is 4.09. The number of hydrogen-bond donors (Lipinski definition) is 0. The van der Waals surface area contributed by atoms with Crippen LogP contribution in [0.2, 0.25) is 0 Å². The molecule has 0 atom stereocenters. The van der Waals surface area contributed by atoms with Gasteiger partial charge in [0.15, 0.2) is 0 Å². The summed E-state index contributed by atoms with van der Waals surface area (Å²) in [4.78, 5) is 17.6. The second-order valence-electron chi connectivity index (χ2n) is 2.78. The molecule has 15 heteroatoms. The fourth-order valence-electron chi connectivity index (χ4n) is 0.784. The Labute approximate surface area is 102 Å². The van der Waals surface area contributed by atoms with Crippen LogP contribution < -0.4 is 15.8 Å². The third kappa shape index (κ3) is 3.29. The van der Waals surface area contributed by atoms with Gasteiger partial charge in [0, 0.05) is 0 Å². The van der Waals surface area contributed by atoms with Crippen LogP contribution >= 0.6 is 0 Å². The number of rotatable bonds is 3. The van der Waals surface area contributed by atoms with Crippen molar-refractivity contribution < 1.29 is 40.4 Å². The van der Waals surface area contributed by atoms with Gasteiger partial charge in [-0.1, -0.05) is 27.5 Å². The lowest BCUT2D eigenvalue weighted by molar-refractivity contribution is -0.173. The monoisotopic (exact) mass is 312 g/mol. The number of alkyl halides is 3. The number of carbonyl (C=O) groups is 1. The Morgan fingerprint density at radius 3 is 1.45 bits per heavy atom. The van der Waals surface area contributed by atoms with Crippen LogP contribution in [0.15, 0.2) is 0 Å². The SMILES string of the molecule is O=C(N(F)c1nc(N(F)F)nc(N(F)F)n1)C(F)(F)F. The molecule has 0 radical (unpaired) electrons. The summed E-state index contributed by atoms with van der Waals surface area (Å²) in [5.41, 5.74) is 0. The minimum absolute atomic E-state index is 1.82. The first-order valence-corrected chi connectivity index (χ1v) is 4.10. The van der Waals surface area contributed by atoms with Gasteiger partial charge in [-0.15, -0.1) is 0 Å². The minimum atomic E-state index is -5.74. The molecular formula is C5F8N6O. The molecule has 1 rings (SSSR count). The number of aromatic nitrogens is 3. The van der Waals surface area contributed by atoms with E-state index >= 15 is 0 Å². The van der Waals surface area contributed by atoms with E-state index in [0.29, 0.717) is 0 Å². The maximum Gasteiger partial charge on any atom is 0.474 e. The van der Waals surface area contributed by atoms with Gasteiger partial charge in [0.2, 0.25) is 0 Å². The van der Waals surface area contributed by atoms with Gasteiger partial charge in [0.1, 0.15) is 0 Å². The molecule has 0 aromatic carbocycles. The van der Waals surface area contributed by atoms with Gasteiger partial charge in [0.05, 0.1) is 0 Å². The van der Waals surface area contributed by atoms with E-state index in [1.165, 1.54) is 0 Å². The lowest BCUT2D eigenvalue weighted by Crippen LogP contribution is -2.37. The van der Waals surface area contributed by atoms with Gasteiger partial charge in [-0.25, -0.2) is 0 Å². The number of carbonyl (C=O) groups excluding carboxylic acids is 1. The van der Waals surface area contributed by atoms with Crippen LogP contribution in [-0.2, 0) is 4.79 Å². The highest BCUT2D eigenvalue weighted by atomic mass is 19.4. The summed E-state index contributed by atoms with van der Waals surface area (Å²) in [6.07, 6.45) is -5.74. The molecule has 7 nitrogen and oxygen atoms in total. The van der Waals surface area contributed by atoms with Gasteiger partial charge in [0.25, 0.3) is 17.8 Å². The fourth-order valence-corrected chi connectivity index (χ4v) is 0.784. The summed E-state index contributed by atoms with van der Waals surface area (Å²) in [5, 5.41) is -5.81. The van der Waals surface area contributed by atoms with Crippen LogP contribution in [0, 0.1) is 0 Å². The van der Waals surface area contributed by atoms with Crippen LogP contribution in [-0.4, -0.2) is 27.0 Å². The van der Waals surface area contributed by atoms with E-state index in [0.717, 1.165) is 0 Å². The zero-order chi connectivity index (χ0) is 15.7. The zero-order valence-electron chi connectivity index (χ0n) is 8.62. The Morgan fingerprint density at radius 1 is 0.800 bits per heavy atom. The average Bonchev–Trinajstić information content (AvgIpc) is 2.35. The molecule has 0 aliphatic rings. The smallest absolute Gasteiger partial charge is 0.261 e. The number of nitrogens with zero attached hydrogens (tertiary/aromatic N) is 6. The summed E-state index contributed by atoms with van der Waals surface area (Å²) in [6.45, 7) is 0. The van der Waals surface area contributed by atoms with Crippen molar-refractivity contribution in [2.45, 2.75) is 6.18 Å². The molecule has 0 fully saturated rings. The molecule has 1 heterocycles. The van der Waals surface area contributed by atoms with E-state index in [1.54, 1.807) is 0 Å². The van der Waals surface area contributed by atoms with Crippen molar-refractivity contribution in [3.05, 3.63) is 0 Å². The summed E-state index contributed by atoms with van der Waals surface area (Å²) < 4.78 is 96.9. The molecule has 0 saturated heterocycles. The largest absolute Gasteiger partial charge is 0.474 e. The average molecular weight is 312 g/mol. The van der Waals surface area contributed by atoms with Gasteiger partial charge in [-0.2, -0.15) is 28.1 Å². The molecule has 0 bridgehead atoms. The number of anilines is 3. The highest BCUT2D eigenvalue weighted by molar-refractivity contribution is 5.93. The molecule has 112 valence electrons. The summed E-state index contributed by atoms with van der Waals surface area (Å²) in [5.74, 6) is -8.99. The molecular weight excluding hydrogens is 312 g/mol. The molecule has 0 aliphatic carbocycles. The summed E-state index contributed by atoms with van der Waals surface area (Å²) in [6, 6.07) is 0. The van der Waals surface area contributed by atoms with Gasteiger partial charge in [-0.3, -0.25) is 4.79 Å². The topological polar surface area (TPSA) is 65.5 Å². The van der Waals surface area contributed by atoms with Gasteiger partial charge >= 0.3 is 12.1 Å². The van der Waals surface area contributed by atoms with Gasteiger partial charge < -0.3 is 0 Å². The Hall–Kier alpha value is -2.48. The standard InChI is InChI=1S/C5F8N6O/c6-5(7,8)1(20)17(9)2-14-3(18(10)11)16-4(15-2)19(12)13. The van der Waals surface area contributed by atoms with Crippen LogP contribution in [0.4, 0.5) is 53.4 Å². The van der Waals surface area contributed by atoms with Crippen LogP contribution in [0.3, 0.4) is 0 Å². The van der Waals surface area contributed by atoms with Crippen molar-refractivity contribution in [1.29, 1.82) is 0 Å². The molecule has 1 aromatic rings. The number of hydrogen-bond acceptors (Lipinski definition) is 6. The molecule has 1 amide bonds. The Morgan fingerprint density at radius 2 is 1.15 bits per heavy atom. The highest BCUT2D eigenvalue weighted by Crippen LogP contribution is 2.25. The van der Waals surface area contributed by atoms with Crippen molar-refractivity contribution >= 4 is 23.8 Å². The third-order valence-corrected chi connectivity index (χ3v) is 1.50. The van der Waals surface area contributed by atoms with E-state index in [2.05, 4.69) is 15.0 Å². The maximum atomic E-state index is 13.0. The van der Waals surface area contributed by atoms with Crippen molar-refractivity contribution in [3.63, 3.8) is 0 Å². The Bertz CT molecular complexity index is 478. The van der Waals surface area contributed by atoms with E-state index in [1.807, 2.05) is 0 Å². The number of amides is 1. The normalized spacial score (nSPS) is 11.2. The van der Waals surface area contributed by atoms with E-state index < -0.39 is 45.7 Å². The summed E-state index contributed by atoms with van der Waals surface area (Å²) in [7, 11) is 0. The van der Waals surface area contributed by atoms with Crippen molar-refractivity contribution in [2.24, 2.45) is 0 Å². The fraction of sp³-hybridized carbons (Fsp3) is 0.200. The predicted octanol–water partition coefficient (Wildman–Crippen LogP) is 1.80. The third-order valence-electron chi connectivity index (χ3n) is 1.50. The van der Waals surface area contributed by atoms with E-state index in [-0.39, 0.29) is 0 Å². The second kappa shape index (κ2) is 5.25. The summed E-state index contributed by atoms with van der Waals surface area (Å²) >= 11 is 0. The van der Waals surface area contributed by atoms with Crippen LogP contribution in [0.5, 0.6) is 0 Å². The van der Waals surface area contributed by atoms with Crippen LogP contribution in [0.1, 0.15) is 0 Å². The molecule has 1 aromatic heterocycles. The first-order chi connectivity index (χ1) is 9.04. The van der Waals surface area contributed by atoms with Crippen molar-refractivity contribution in [2.75, 3.05) is 15.8 Å². The first-order valence-electron chi connectivity index (χ1n) is 4.10. The van der Waals surface area contributed by atoms with Gasteiger partial charge in [-0.05, 0) is 10.7 Å². The van der Waals surface area contributed by atoms with E-state index in [9.17, 15) is 40.4 Å². The predicted molar refractivity (Wildman–Crippen MR) is 43.9 cm³/mol. The molecule has 0 saturated carbocycles. The Balaban J connectivity index is 3.27. The minimum Gasteiger partial charge on any atom is -0.261 e. The molecule has 0 aliphatic heterocycles. The van der Waals surface area contributed by atoms with Crippen LogP contribution in [0.25, 0.3) is 0 Å². The van der Waals surface area contributed by atoms with Crippen molar-refractivity contribution in [3.8, 4) is 0 Å². The maximum absolute atomic E-state index is 13.0. The molecule has 20 heavy (non-hydrogen) atoms. The first kappa shape index (κ1) is 15.6. The number of halogens is 8. The van der Waals surface area contributed by atoms with Crippen molar-refractivity contribution in [1.82, 2.24) is 15.0 Å². The second-order valence-corrected chi connectivity index (χ2v) is 2.78. The zero-order valence-corrected chi connectivity index (χ0v) is 8.62. The molecule has 0 N–H and O–H groups in total. The molecule has 0 spiro atoms. The van der Waals surface area contributed by atoms with E-state index in [4.69, 9.17) is 0 Å². The lowest BCUT2D eigenvalue weighted by atomic mass is 10.6. The lowest BCUT2D eigenvalue weighted by Gasteiger charge is -2.13. The quantitative estimate of drug-likeness (QED) is 0.626.